The van der Waals surface area contributed by atoms with Gasteiger partial charge in [0.1, 0.15) is 11.5 Å². The van der Waals surface area contributed by atoms with Crippen LogP contribution in [0.2, 0.25) is 0 Å². The van der Waals surface area contributed by atoms with E-state index in [0.29, 0.717) is 0 Å². The highest BCUT2D eigenvalue weighted by molar-refractivity contribution is 5.47. The van der Waals surface area contributed by atoms with Gasteiger partial charge in [0.25, 0.3) is 0 Å². The van der Waals surface area contributed by atoms with Gasteiger partial charge in [-0.25, -0.2) is 0 Å². The van der Waals surface area contributed by atoms with Crippen LogP contribution in [-0.2, 0) is 0 Å². The lowest BCUT2D eigenvalue weighted by atomic mass is 10.0. The molecule has 4 nitrogen and oxygen atoms in total. The fraction of sp³-hybridized carbons (Fsp3) is 0.500. The minimum atomic E-state index is 0.250. The standard InChI is InChI=1S/C12H18N2O2/c1-15-10-4-3-5-11(16-2)12(10)9-8-13-6-7-14-9/h3-5,9,13-14H,6-8H2,1-2H3. The number of nitrogens with one attached hydrogen (secondary N) is 2. The molecule has 1 heterocycles. The van der Waals surface area contributed by atoms with Crippen LogP contribution in [0.3, 0.4) is 0 Å². The van der Waals surface area contributed by atoms with E-state index in [9.17, 15) is 0 Å². The summed E-state index contributed by atoms with van der Waals surface area (Å²) in [5, 5.41) is 6.82. The van der Waals surface area contributed by atoms with Gasteiger partial charge in [-0.05, 0) is 12.1 Å². The van der Waals surface area contributed by atoms with E-state index < -0.39 is 0 Å². The summed E-state index contributed by atoms with van der Waals surface area (Å²) >= 11 is 0. The number of hydrogen-bond acceptors (Lipinski definition) is 4. The Labute approximate surface area is 95.9 Å². The molecule has 2 N–H and O–H groups in total. The van der Waals surface area contributed by atoms with E-state index in [0.717, 1.165) is 36.7 Å². The summed E-state index contributed by atoms with van der Waals surface area (Å²) in [5.41, 5.74) is 1.10. The fourth-order valence-corrected chi connectivity index (χ4v) is 2.08. The molecule has 0 radical (unpaired) electrons. The van der Waals surface area contributed by atoms with Crippen molar-refractivity contribution in [3.63, 3.8) is 0 Å². The van der Waals surface area contributed by atoms with Gasteiger partial charge in [-0.2, -0.15) is 0 Å². The van der Waals surface area contributed by atoms with Gasteiger partial charge in [0.15, 0.2) is 0 Å². The van der Waals surface area contributed by atoms with E-state index in [4.69, 9.17) is 9.47 Å². The summed E-state index contributed by atoms with van der Waals surface area (Å²) in [5.74, 6) is 1.75. The van der Waals surface area contributed by atoms with E-state index in [1.165, 1.54) is 0 Å². The predicted octanol–water partition coefficient (Wildman–Crippen LogP) is 0.938. The summed E-state index contributed by atoms with van der Waals surface area (Å²) < 4.78 is 10.8. The van der Waals surface area contributed by atoms with Gasteiger partial charge in [-0.1, -0.05) is 6.07 Å². The highest BCUT2D eigenvalue weighted by Gasteiger charge is 2.21. The summed E-state index contributed by atoms with van der Waals surface area (Å²) in [7, 11) is 3.38. The van der Waals surface area contributed by atoms with Crippen LogP contribution in [0.25, 0.3) is 0 Å². The van der Waals surface area contributed by atoms with Crippen molar-refractivity contribution < 1.29 is 9.47 Å². The summed E-state index contributed by atoms with van der Waals surface area (Å²) in [4.78, 5) is 0. The third kappa shape index (κ3) is 2.13. The van der Waals surface area contributed by atoms with Gasteiger partial charge in [0.2, 0.25) is 0 Å². The summed E-state index contributed by atoms with van der Waals surface area (Å²) in [6, 6.07) is 6.12. The Balaban J connectivity index is 2.34. The zero-order valence-corrected chi connectivity index (χ0v) is 9.75. The number of ether oxygens (including phenoxy) is 2. The molecule has 16 heavy (non-hydrogen) atoms. The molecule has 88 valence electrons. The molecule has 4 heteroatoms. The number of benzene rings is 1. The van der Waals surface area contributed by atoms with Crippen LogP contribution in [0.5, 0.6) is 11.5 Å². The predicted molar refractivity (Wildman–Crippen MR) is 63.2 cm³/mol. The second-order valence-corrected chi connectivity index (χ2v) is 3.79. The maximum atomic E-state index is 5.39. The maximum Gasteiger partial charge on any atom is 0.127 e. The van der Waals surface area contributed by atoms with Crippen LogP contribution in [-0.4, -0.2) is 33.9 Å². The molecule has 0 aromatic heterocycles. The van der Waals surface area contributed by atoms with Crippen molar-refractivity contribution in [3.8, 4) is 11.5 Å². The summed E-state index contributed by atoms with van der Waals surface area (Å²) in [6.07, 6.45) is 0. The van der Waals surface area contributed by atoms with E-state index in [1.54, 1.807) is 14.2 Å². The Bertz CT molecular complexity index is 327. The van der Waals surface area contributed by atoms with Gasteiger partial charge in [0, 0.05) is 19.6 Å². The SMILES string of the molecule is COc1cccc(OC)c1C1CNCCN1. The number of hydrogen-bond donors (Lipinski definition) is 2. The molecule has 1 atom stereocenters. The largest absolute Gasteiger partial charge is 0.496 e. The van der Waals surface area contributed by atoms with Crippen LogP contribution in [0.4, 0.5) is 0 Å². The van der Waals surface area contributed by atoms with Crippen molar-refractivity contribution in [3.05, 3.63) is 23.8 Å². The van der Waals surface area contributed by atoms with Crippen molar-refractivity contribution >= 4 is 0 Å². The Kier molecular flexibility index (Phi) is 3.64. The molecule has 1 fully saturated rings. The van der Waals surface area contributed by atoms with Crippen molar-refractivity contribution in [1.29, 1.82) is 0 Å². The first-order valence-corrected chi connectivity index (χ1v) is 5.52. The highest BCUT2D eigenvalue weighted by atomic mass is 16.5. The molecule has 1 aromatic carbocycles. The van der Waals surface area contributed by atoms with Crippen LogP contribution >= 0.6 is 0 Å². The van der Waals surface area contributed by atoms with Gasteiger partial charge < -0.3 is 20.1 Å². The first kappa shape index (κ1) is 11.2. The normalized spacial score (nSPS) is 20.5. The van der Waals surface area contributed by atoms with Gasteiger partial charge in [-0.3, -0.25) is 0 Å². The molecule has 0 spiro atoms. The molecule has 1 saturated heterocycles. The molecule has 0 bridgehead atoms. The molecule has 2 rings (SSSR count). The van der Waals surface area contributed by atoms with Crippen LogP contribution in [0, 0.1) is 0 Å². The molecule has 0 saturated carbocycles. The molecule has 1 aliphatic heterocycles. The van der Waals surface area contributed by atoms with E-state index in [1.807, 2.05) is 18.2 Å². The Morgan fingerprint density at radius 2 is 1.81 bits per heavy atom. The quantitative estimate of drug-likeness (QED) is 0.798. The van der Waals surface area contributed by atoms with E-state index in [-0.39, 0.29) is 6.04 Å². The first-order valence-electron chi connectivity index (χ1n) is 5.52. The average molecular weight is 222 g/mol. The Morgan fingerprint density at radius 1 is 1.12 bits per heavy atom. The van der Waals surface area contributed by atoms with Crippen molar-refractivity contribution in [2.75, 3.05) is 33.9 Å². The zero-order valence-electron chi connectivity index (χ0n) is 9.75. The lowest BCUT2D eigenvalue weighted by molar-refractivity contribution is 0.355. The van der Waals surface area contributed by atoms with Gasteiger partial charge in [0.05, 0.1) is 25.8 Å². The minimum Gasteiger partial charge on any atom is -0.496 e. The minimum absolute atomic E-state index is 0.250. The number of rotatable bonds is 3. The zero-order chi connectivity index (χ0) is 11.4. The smallest absolute Gasteiger partial charge is 0.127 e. The number of piperazine rings is 1. The second kappa shape index (κ2) is 5.18. The van der Waals surface area contributed by atoms with Gasteiger partial charge in [-0.15, -0.1) is 0 Å². The third-order valence-corrected chi connectivity index (χ3v) is 2.86. The molecular formula is C12H18N2O2. The molecule has 1 aliphatic rings. The van der Waals surface area contributed by atoms with E-state index in [2.05, 4.69) is 10.6 Å². The second-order valence-electron chi connectivity index (χ2n) is 3.79. The lowest BCUT2D eigenvalue weighted by Gasteiger charge is -2.27. The van der Waals surface area contributed by atoms with Crippen LogP contribution in [0.1, 0.15) is 11.6 Å². The number of methoxy groups -OCH3 is 2. The van der Waals surface area contributed by atoms with Crippen molar-refractivity contribution in [1.82, 2.24) is 10.6 Å². The van der Waals surface area contributed by atoms with Crippen molar-refractivity contribution in [2.45, 2.75) is 6.04 Å². The molecule has 1 aromatic rings. The van der Waals surface area contributed by atoms with Gasteiger partial charge >= 0.3 is 0 Å². The average Bonchev–Trinajstić information content (AvgIpc) is 2.38. The Morgan fingerprint density at radius 3 is 2.31 bits per heavy atom. The Hall–Kier alpha value is -1.26. The van der Waals surface area contributed by atoms with Crippen LogP contribution < -0.4 is 20.1 Å². The fourth-order valence-electron chi connectivity index (χ4n) is 2.08. The van der Waals surface area contributed by atoms with Crippen LogP contribution in [0.15, 0.2) is 18.2 Å². The molecular weight excluding hydrogens is 204 g/mol. The van der Waals surface area contributed by atoms with E-state index >= 15 is 0 Å². The monoisotopic (exact) mass is 222 g/mol. The highest BCUT2D eigenvalue weighted by Crippen LogP contribution is 2.34. The first-order chi connectivity index (χ1) is 7.86. The third-order valence-electron chi connectivity index (χ3n) is 2.86. The molecule has 1 unspecified atom stereocenters. The van der Waals surface area contributed by atoms with Crippen molar-refractivity contribution in [2.24, 2.45) is 0 Å². The molecule has 0 amide bonds. The molecule has 0 aliphatic carbocycles. The maximum absolute atomic E-state index is 5.39. The topological polar surface area (TPSA) is 42.5 Å². The lowest BCUT2D eigenvalue weighted by Crippen LogP contribution is -2.42. The summed E-state index contributed by atoms with van der Waals surface area (Å²) in [6.45, 7) is 2.87.